The number of nitrogens with one attached hydrogen (secondary N) is 1. The number of benzene rings is 2. The quantitative estimate of drug-likeness (QED) is 0.915. The van der Waals surface area contributed by atoms with Crippen molar-refractivity contribution in [2.24, 2.45) is 0 Å². The highest BCUT2D eigenvalue weighted by atomic mass is 16.1. The van der Waals surface area contributed by atoms with E-state index in [1.54, 1.807) is 6.08 Å². The standard InChI is InChI=1S/C18H17NO/c1-13-7-5-6-10-15(13)19-16-11-12-17(20)18(16)14-8-3-2-4-9-14/h2-12,16,18-19H,1H3/t16-,18+/m1/s1. The molecule has 0 spiro atoms. The number of hydrogen-bond donors (Lipinski definition) is 1. The molecule has 20 heavy (non-hydrogen) atoms. The van der Waals surface area contributed by atoms with Crippen LogP contribution < -0.4 is 5.32 Å². The van der Waals surface area contributed by atoms with Crippen LogP contribution in [0.5, 0.6) is 0 Å². The molecule has 2 aromatic carbocycles. The summed E-state index contributed by atoms with van der Waals surface area (Å²) in [5.74, 6) is 0.0399. The summed E-state index contributed by atoms with van der Waals surface area (Å²) >= 11 is 0. The molecule has 100 valence electrons. The highest BCUT2D eigenvalue weighted by Crippen LogP contribution is 2.30. The fraction of sp³-hybridized carbons (Fsp3) is 0.167. The molecule has 0 unspecified atom stereocenters. The first-order valence-electron chi connectivity index (χ1n) is 6.85. The molecule has 1 N–H and O–H groups in total. The number of para-hydroxylation sites is 1. The lowest BCUT2D eigenvalue weighted by Gasteiger charge is -2.22. The van der Waals surface area contributed by atoms with Gasteiger partial charge in [-0.25, -0.2) is 0 Å². The molecular formula is C18H17NO. The van der Waals surface area contributed by atoms with E-state index in [0.29, 0.717) is 0 Å². The topological polar surface area (TPSA) is 29.1 Å². The van der Waals surface area contributed by atoms with E-state index >= 15 is 0 Å². The van der Waals surface area contributed by atoms with Gasteiger partial charge in [-0.2, -0.15) is 0 Å². The van der Waals surface area contributed by atoms with Crippen molar-refractivity contribution in [1.29, 1.82) is 0 Å². The van der Waals surface area contributed by atoms with Crippen LogP contribution in [0.4, 0.5) is 5.69 Å². The average Bonchev–Trinajstić information content (AvgIpc) is 2.83. The van der Waals surface area contributed by atoms with Gasteiger partial charge in [0.15, 0.2) is 5.78 Å². The van der Waals surface area contributed by atoms with E-state index in [1.165, 1.54) is 5.56 Å². The Hall–Kier alpha value is -2.35. The predicted octanol–water partition coefficient (Wildman–Crippen LogP) is 3.70. The van der Waals surface area contributed by atoms with Crippen LogP contribution in [0.25, 0.3) is 0 Å². The predicted molar refractivity (Wildman–Crippen MR) is 81.9 cm³/mol. The number of ketones is 1. The summed E-state index contributed by atoms with van der Waals surface area (Å²) in [5.41, 5.74) is 3.33. The number of anilines is 1. The summed E-state index contributed by atoms with van der Waals surface area (Å²) < 4.78 is 0. The molecule has 3 rings (SSSR count). The third kappa shape index (κ3) is 2.37. The van der Waals surface area contributed by atoms with Crippen LogP contribution in [0, 0.1) is 6.92 Å². The monoisotopic (exact) mass is 263 g/mol. The Kier molecular flexibility index (Phi) is 3.38. The van der Waals surface area contributed by atoms with Crippen molar-refractivity contribution >= 4 is 11.5 Å². The lowest BCUT2D eigenvalue weighted by Crippen LogP contribution is -2.26. The molecule has 0 amide bonds. The second kappa shape index (κ2) is 5.33. The zero-order valence-corrected chi connectivity index (χ0v) is 11.4. The lowest BCUT2D eigenvalue weighted by molar-refractivity contribution is -0.115. The van der Waals surface area contributed by atoms with Crippen molar-refractivity contribution in [3.8, 4) is 0 Å². The van der Waals surface area contributed by atoms with Gasteiger partial charge in [0.25, 0.3) is 0 Å². The molecule has 0 radical (unpaired) electrons. The van der Waals surface area contributed by atoms with Gasteiger partial charge in [0.05, 0.1) is 12.0 Å². The maximum absolute atomic E-state index is 12.1. The number of allylic oxidation sites excluding steroid dienone is 1. The number of carbonyl (C=O) groups is 1. The van der Waals surface area contributed by atoms with E-state index in [-0.39, 0.29) is 17.7 Å². The first kappa shape index (κ1) is 12.7. The Balaban J connectivity index is 1.87. The maximum atomic E-state index is 12.1. The van der Waals surface area contributed by atoms with E-state index in [0.717, 1.165) is 11.3 Å². The van der Waals surface area contributed by atoms with Crippen LogP contribution in [0.1, 0.15) is 17.0 Å². The molecular weight excluding hydrogens is 246 g/mol. The SMILES string of the molecule is Cc1ccccc1N[C@@H]1C=CC(=O)[C@H]1c1ccccc1. The fourth-order valence-electron chi connectivity index (χ4n) is 2.67. The smallest absolute Gasteiger partial charge is 0.165 e. The van der Waals surface area contributed by atoms with Crippen LogP contribution in [-0.4, -0.2) is 11.8 Å². The van der Waals surface area contributed by atoms with Crippen molar-refractivity contribution in [2.75, 3.05) is 5.32 Å². The molecule has 1 aliphatic carbocycles. The summed E-state index contributed by atoms with van der Waals surface area (Å²) in [5, 5.41) is 3.48. The Morgan fingerprint density at radius 1 is 0.950 bits per heavy atom. The summed E-state index contributed by atoms with van der Waals surface area (Å²) in [6.07, 6.45) is 3.65. The van der Waals surface area contributed by atoms with Crippen LogP contribution in [0.15, 0.2) is 66.7 Å². The molecule has 2 nitrogen and oxygen atoms in total. The van der Waals surface area contributed by atoms with Crippen molar-refractivity contribution < 1.29 is 4.79 Å². The minimum absolute atomic E-state index is 0.0194. The number of hydrogen-bond acceptors (Lipinski definition) is 2. The van der Waals surface area contributed by atoms with Crippen molar-refractivity contribution in [3.63, 3.8) is 0 Å². The molecule has 0 aliphatic heterocycles. The summed E-state index contributed by atoms with van der Waals surface area (Å²) in [6, 6.07) is 18.1. The third-order valence-electron chi connectivity index (χ3n) is 3.76. The Morgan fingerprint density at radius 3 is 2.40 bits per heavy atom. The minimum Gasteiger partial charge on any atom is -0.378 e. The highest BCUT2D eigenvalue weighted by Gasteiger charge is 2.31. The minimum atomic E-state index is -0.129. The Morgan fingerprint density at radius 2 is 1.65 bits per heavy atom. The molecule has 2 heteroatoms. The van der Waals surface area contributed by atoms with Crippen LogP contribution in [-0.2, 0) is 4.79 Å². The molecule has 0 saturated heterocycles. The highest BCUT2D eigenvalue weighted by molar-refractivity contribution is 5.99. The van der Waals surface area contributed by atoms with E-state index in [9.17, 15) is 4.79 Å². The molecule has 2 atom stereocenters. The molecule has 2 aromatic rings. The average molecular weight is 263 g/mol. The number of carbonyl (C=O) groups excluding carboxylic acids is 1. The van der Waals surface area contributed by atoms with Crippen LogP contribution in [0.2, 0.25) is 0 Å². The van der Waals surface area contributed by atoms with Gasteiger partial charge in [-0.15, -0.1) is 0 Å². The van der Waals surface area contributed by atoms with E-state index in [2.05, 4.69) is 18.3 Å². The van der Waals surface area contributed by atoms with Gasteiger partial charge < -0.3 is 5.32 Å². The second-order valence-corrected chi connectivity index (χ2v) is 5.13. The number of aryl methyl sites for hydroxylation is 1. The first-order chi connectivity index (χ1) is 9.75. The normalized spacial score (nSPS) is 21.1. The van der Waals surface area contributed by atoms with E-state index in [4.69, 9.17) is 0 Å². The molecule has 0 bridgehead atoms. The summed E-state index contributed by atoms with van der Waals surface area (Å²) in [7, 11) is 0. The zero-order valence-electron chi connectivity index (χ0n) is 11.4. The van der Waals surface area contributed by atoms with E-state index in [1.807, 2.05) is 54.6 Å². The third-order valence-corrected chi connectivity index (χ3v) is 3.76. The van der Waals surface area contributed by atoms with Gasteiger partial charge in [0.2, 0.25) is 0 Å². The van der Waals surface area contributed by atoms with Gasteiger partial charge in [-0.05, 0) is 30.2 Å². The molecule has 0 fully saturated rings. The van der Waals surface area contributed by atoms with Crippen LogP contribution in [0.3, 0.4) is 0 Å². The second-order valence-electron chi connectivity index (χ2n) is 5.13. The van der Waals surface area contributed by atoms with Gasteiger partial charge >= 0.3 is 0 Å². The largest absolute Gasteiger partial charge is 0.378 e. The molecule has 0 saturated carbocycles. The fourth-order valence-corrected chi connectivity index (χ4v) is 2.67. The van der Waals surface area contributed by atoms with Crippen molar-refractivity contribution in [2.45, 2.75) is 18.9 Å². The van der Waals surface area contributed by atoms with Crippen LogP contribution >= 0.6 is 0 Å². The van der Waals surface area contributed by atoms with Gasteiger partial charge in [-0.1, -0.05) is 54.6 Å². The maximum Gasteiger partial charge on any atom is 0.165 e. The first-order valence-corrected chi connectivity index (χ1v) is 6.85. The van der Waals surface area contributed by atoms with Crippen molar-refractivity contribution in [1.82, 2.24) is 0 Å². The summed E-state index contributed by atoms with van der Waals surface area (Å²) in [4.78, 5) is 12.1. The van der Waals surface area contributed by atoms with Gasteiger partial charge in [-0.3, -0.25) is 4.79 Å². The summed E-state index contributed by atoms with van der Waals surface area (Å²) in [6.45, 7) is 2.07. The Bertz CT molecular complexity index is 645. The molecule has 1 aliphatic rings. The van der Waals surface area contributed by atoms with E-state index < -0.39 is 0 Å². The zero-order chi connectivity index (χ0) is 13.9. The van der Waals surface area contributed by atoms with Gasteiger partial charge in [0, 0.05) is 5.69 Å². The molecule has 0 heterocycles. The van der Waals surface area contributed by atoms with Gasteiger partial charge in [0.1, 0.15) is 0 Å². The lowest BCUT2D eigenvalue weighted by atomic mass is 9.92. The number of rotatable bonds is 3. The Labute approximate surface area is 119 Å². The van der Waals surface area contributed by atoms with Crippen molar-refractivity contribution in [3.05, 3.63) is 77.9 Å². The molecule has 0 aromatic heterocycles.